The normalized spacial score (nSPS) is 10.5. The van der Waals surface area contributed by atoms with Crippen molar-refractivity contribution >= 4 is 29.3 Å². The molecule has 0 unspecified atom stereocenters. The lowest BCUT2D eigenvalue weighted by Gasteiger charge is -2.10. The lowest BCUT2D eigenvalue weighted by Crippen LogP contribution is -2.21. The summed E-state index contributed by atoms with van der Waals surface area (Å²) in [5.41, 5.74) is 2.92. The van der Waals surface area contributed by atoms with E-state index in [1.165, 1.54) is 11.8 Å². The molecular formula is C21H20N2O4S. The second-order valence-corrected chi connectivity index (χ2v) is 7.10. The number of anilines is 1. The number of nitrogens with one attached hydrogen (secondary N) is 1. The van der Waals surface area contributed by atoms with Crippen molar-refractivity contribution in [3.05, 3.63) is 77.2 Å². The molecule has 0 saturated heterocycles. The number of carbonyl (C=O) groups is 2. The number of para-hydroxylation sites is 1. The SMILES string of the molecule is Cc1noc(C)c1CSc1ccccc1C(=O)OCC(=O)Nc1ccccc1. The zero-order chi connectivity index (χ0) is 19.9. The minimum absolute atomic E-state index is 0.351. The third-order valence-electron chi connectivity index (χ3n) is 4.05. The van der Waals surface area contributed by atoms with Crippen molar-refractivity contribution in [3.8, 4) is 0 Å². The van der Waals surface area contributed by atoms with Crippen molar-refractivity contribution in [2.24, 2.45) is 0 Å². The molecular weight excluding hydrogens is 376 g/mol. The number of hydrogen-bond acceptors (Lipinski definition) is 6. The van der Waals surface area contributed by atoms with Crippen molar-refractivity contribution < 1.29 is 18.8 Å². The predicted octanol–water partition coefficient (Wildman–Crippen LogP) is 4.38. The van der Waals surface area contributed by atoms with E-state index in [4.69, 9.17) is 9.26 Å². The van der Waals surface area contributed by atoms with Gasteiger partial charge in [0, 0.05) is 21.9 Å². The highest BCUT2D eigenvalue weighted by Crippen LogP contribution is 2.29. The summed E-state index contributed by atoms with van der Waals surface area (Å²) in [5, 5.41) is 6.63. The van der Waals surface area contributed by atoms with Crippen LogP contribution < -0.4 is 5.32 Å². The summed E-state index contributed by atoms with van der Waals surface area (Å²) in [6, 6.07) is 16.2. The third-order valence-corrected chi connectivity index (χ3v) is 5.15. The molecule has 0 aliphatic rings. The van der Waals surface area contributed by atoms with Crippen molar-refractivity contribution in [3.63, 3.8) is 0 Å². The van der Waals surface area contributed by atoms with E-state index < -0.39 is 5.97 Å². The predicted molar refractivity (Wildman–Crippen MR) is 107 cm³/mol. The first-order valence-corrected chi connectivity index (χ1v) is 9.68. The molecule has 0 spiro atoms. The molecule has 6 nitrogen and oxygen atoms in total. The molecule has 28 heavy (non-hydrogen) atoms. The first-order valence-electron chi connectivity index (χ1n) is 8.70. The maximum Gasteiger partial charge on any atom is 0.339 e. The summed E-state index contributed by atoms with van der Waals surface area (Å²) < 4.78 is 10.4. The molecule has 3 aromatic rings. The Labute approximate surface area is 167 Å². The van der Waals surface area contributed by atoms with Crippen molar-refractivity contribution in [1.82, 2.24) is 5.16 Å². The zero-order valence-electron chi connectivity index (χ0n) is 15.6. The minimum atomic E-state index is -0.537. The fourth-order valence-electron chi connectivity index (χ4n) is 2.55. The highest BCUT2D eigenvalue weighted by molar-refractivity contribution is 7.98. The number of esters is 1. The number of rotatable bonds is 7. The van der Waals surface area contributed by atoms with Gasteiger partial charge in [-0.3, -0.25) is 4.79 Å². The number of ether oxygens (including phenoxy) is 1. The summed E-state index contributed by atoms with van der Waals surface area (Å²) in [5.74, 6) is 0.466. The number of benzene rings is 2. The minimum Gasteiger partial charge on any atom is -0.452 e. The highest BCUT2D eigenvalue weighted by Gasteiger charge is 2.16. The van der Waals surface area contributed by atoms with Gasteiger partial charge in [0.25, 0.3) is 5.91 Å². The number of carbonyl (C=O) groups excluding carboxylic acids is 2. The van der Waals surface area contributed by atoms with E-state index >= 15 is 0 Å². The number of nitrogens with zero attached hydrogens (tertiary/aromatic N) is 1. The Balaban J connectivity index is 1.60. The van der Waals surface area contributed by atoms with Crippen LogP contribution in [0.3, 0.4) is 0 Å². The average molecular weight is 396 g/mol. The molecule has 3 rings (SSSR count). The van der Waals surface area contributed by atoms with Gasteiger partial charge in [0.15, 0.2) is 6.61 Å². The van der Waals surface area contributed by atoms with Gasteiger partial charge in [0.1, 0.15) is 5.76 Å². The number of aromatic nitrogens is 1. The van der Waals surface area contributed by atoms with Crippen LogP contribution in [0.2, 0.25) is 0 Å². The maximum atomic E-state index is 12.5. The second kappa shape index (κ2) is 9.23. The Bertz CT molecular complexity index is 950. The van der Waals surface area contributed by atoms with E-state index in [0.29, 0.717) is 17.0 Å². The Hall–Kier alpha value is -3.06. The van der Waals surface area contributed by atoms with Crippen LogP contribution in [0.4, 0.5) is 5.69 Å². The average Bonchev–Trinajstić information content (AvgIpc) is 3.03. The molecule has 0 radical (unpaired) electrons. The van der Waals surface area contributed by atoms with E-state index in [2.05, 4.69) is 10.5 Å². The molecule has 2 aromatic carbocycles. The van der Waals surface area contributed by atoms with Gasteiger partial charge < -0.3 is 14.6 Å². The van der Waals surface area contributed by atoms with E-state index in [0.717, 1.165) is 21.9 Å². The van der Waals surface area contributed by atoms with Gasteiger partial charge in [-0.2, -0.15) is 0 Å². The standard InChI is InChI=1S/C21H20N2O4S/c1-14-18(15(2)27-23-14)13-28-19-11-7-6-10-17(19)21(25)26-12-20(24)22-16-8-4-3-5-9-16/h3-11H,12-13H2,1-2H3,(H,22,24). The van der Waals surface area contributed by atoms with E-state index in [9.17, 15) is 9.59 Å². The first-order chi connectivity index (χ1) is 13.5. The molecule has 0 saturated carbocycles. The number of thioether (sulfide) groups is 1. The molecule has 7 heteroatoms. The van der Waals surface area contributed by atoms with Gasteiger partial charge >= 0.3 is 5.97 Å². The summed E-state index contributed by atoms with van der Waals surface area (Å²) in [6.45, 7) is 3.40. The largest absolute Gasteiger partial charge is 0.452 e. The van der Waals surface area contributed by atoms with Gasteiger partial charge in [-0.1, -0.05) is 35.5 Å². The Morgan fingerprint density at radius 3 is 2.50 bits per heavy atom. The van der Waals surface area contributed by atoms with E-state index in [1.54, 1.807) is 24.3 Å². The zero-order valence-corrected chi connectivity index (χ0v) is 16.4. The monoisotopic (exact) mass is 396 g/mol. The van der Waals surface area contributed by atoms with Gasteiger partial charge in [-0.15, -0.1) is 11.8 Å². The van der Waals surface area contributed by atoms with Crippen molar-refractivity contribution in [2.45, 2.75) is 24.5 Å². The molecule has 0 aliphatic carbocycles. The molecule has 0 atom stereocenters. The van der Waals surface area contributed by atoms with Gasteiger partial charge in [0.2, 0.25) is 0 Å². The molecule has 0 aliphatic heterocycles. The Morgan fingerprint density at radius 2 is 1.79 bits per heavy atom. The lowest BCUT2D eigenvalue weighted by atomic mass is 10.2. The molecule has 1 aromatic heterocycles. The maximum absolute atomic E-state index is 12.5. The smallest absolute Gasteiger partial charge is 0.339 e. The molecule has 144 valence electrons. The van der Waals surface area contributed by atoms with Crippen molar-refractivity contribution in [2.75, 3.05) is 11.9 Å². The molecule has 0 bridgehead atoms. The summed E-state index contributed by atoms with van der Waals surface area (Å²) >= 11 is 1.50. The van der Waals surface area contributed by atoms with Gasteiger partial charge in [-0.05, 0) is 38.1 Å². The molecule has 1 heterocycles. The van der Waals surface area contributed by atoms with Crippen LogP contribution in [0.25, 0.3) is 0 Å². The molecule has 1 amide bonds. The van der Waals surface area contributed by atoms with Crippen LogP contribution in [-0.2, 0) is 15.3 Å². The topological polar surface area (TPSA) is 81.4 Å². The number of aryl methyl sites for hydroxylation is 2. The highest BCUT2D eigenvalue weighted by atomic mass is 32.2. The van der Waals surface area contributed by atoms with Crippen LogP contribution in [0.5, 0.6) is 0 Å². The van der Waals surface area contributed by atoms with Gasteiger partial charge in [0.05, 0.1) is 11.3 Å². The van der Waals surface area contributed by atoms with Gasteiger partial charge in [-0.25, -0.2) is 4.79 Å². The summed E-state index contributed by atoms with van der Waals surface area (Å²) in [7, 11) is 0. The van der Waals surface area contributed by atoms with Crippen LogP contribution in [0, 0.1) is 13.8 Å². The fourth-order valence-corrected chi connectivity index (χ4v) is 3.74. The van der Waals surface area contributed by atoms with E-state index in [-0.39, 0.29) is 12.5 Å². The van der Waals surface area contributed by atoms with Crippen LogP contribution in [0.15, 0.2) is 64.0 Å². The van der Waals surface area contributed by atoms with Crippen molar-refractivity contribution in [1.29, 1.82) is 0 Å². The summed E-state index contributed by atoms with van der Waals surface area (Å²) in [6.07, 6.45) is 0. The van der Waals surface area contributed by atoms with Crippen LogP contribution in [-0.4, -0.2) is 23.6 Å². The summed E-state index contributed by atoms with van der Waals surface area (Å²) in [4.78, 5) is 25.2. The lowest BCUT2D eigenvalue weighted by molar-refractivity contribution is -0.119. The Kier molecular flexibility index (Phi) is 6.49. The second-order valence-electron chi connectivity index (χ2n) is 6.08. The molecule has 1 N–H and O–H groups in total. The quantitative estimate of drug-likeness (QED) is 0.471. The first kappa shape index (κ1) is 19.7. The van der Waals surface area contributed by atoms with E-state index in [1.807, 2.05) is 44.2 Å². The van der Waals surface area contributed by atoms with Crippen LogP contribution in [0.1, 0.15) is 27.4 Å². The number of amides is 1. The van der Waals surface area contributed by atoms with Crippen LogP contribution >= 0.6 is 11.8 Å². The fraction of sp³-hybridized carbons (Fsp3) is 0.190. The number of hydrogen-bond donors (Lipinski definition) is 1. The molecule has 0 fully saturated rings. The Morgan fingerprint density at radius 1 is 1.07 bits per heavy atom. The third kappa shape index (κ3) is 5.01.